The molecule has 3 nitrogen and oxygen atoms in total. The van der Waals surface area contributed by atoms with Crippen molar-refractivity contribution in [2.75, 3.05) is 12.4 Å². The summed E-state index contributed by atoms with van der Waals surface area (Å²) >= 11 is 1.66. The van der Waals surface area contributed by atoms with Crippen LogP contribution in [0.25, 0.3) is 0 Å². The summed E-state index contributed by atoms with van der Waals surface area (Å²) in [7, 11) is 0. The van der Waals surface area contributed by atoms with Crippen LogP contribution < -0.4 is 0 Å². The molecule has 1 saturated heterocycles. The first-order chi connectivity index (χ1) is 10.2. The van der Waals surface area contributed by atoms with Gasteiger partial charge in [-0.3, -0.25) is 0 Å². The zero-order valence-corrected chi connectivity index (χ0v) is 12.7. The fraction of sp³-hybridized carbons (Fsp3) is 0.294. The Hall–Kier alpha value is -1.49. The van der Waals surface area contributed by atoms with E-state index >= 15 is 0 Å². The second-order valence-electron chi connectivity index (χ2n) is 5.17. The first kappa shape index (κ1) is 14.4. The van der Waals surface area contributed by atoms with E-state index in [0.29, 0.717) is 6.61 Å². The van der Waals surface area contributed by atoms with Gasteiger partial charge in [-0.2, -0.15) is 0 Å². The SMILES string of the molecule is CC1(c2ccccc2)OCC(CSc2cccc(O)c2)O1. The summed E-state index contributed by atoms with van der Waals surface area (Å²) in [6.45, 7) is 2.54. The third kappa shape index (κ3) is 3.40. The molecule has 0 aliphatic carbocycles. The van der Waals surface area contributed by atoms with Gasteiger partial charge in [0.25, 0.3) is 0 Å². The van der Waals surface area contributed by atoms with Crippen molar-refractivity contribution in [3.05, 3.63) is 60.2 Å². The second kappa shape index (κ2) is 6.10. The molecule has 4 heteroatoms. The molecule has 0 radical (unpaired) electrons. The highest BCUT2D eigenvalue weighted by molar-refractivity contribution is 7.99. The summed E-state index contributed by atoms with van der Waals surface area (Å²) in [6.07, 6.45) is 0.0440. The maximum atomic E-state index is 9.47. The predicted octanol–water partition coefficient (Wildman–Crippen LogP) is 3.77. The monoisotopic (exact) mass is 302 g/mol. The number of thioether (sulfide) groups is 1. The van der Waals surface area contributed by atoms with Gasteiger partial charge in [-0.05, 0) is 25.1 Å². The molecule has 2 atom stereocenters. The van der Waals surface area contributed by atoms with Crippen molar-refractivity contribution >= 4 is 11.8 Å². The van der Waals surface area contributed by atoms with Gasteiger partial charge < -0.3 is 14.6 Å². The Balaban J connectivity index is 1.60. The molecule has 110 valence electrons. The van der Waals surface area contributed by atoms with E-state index in [2.05, 4.69) is 0 Å². The Morgan fingerprint density at radius 3 is 2.76 bits per heavy atom. The van der Waals surface area contributed by atoms with Gasteiger partial charge in [0.15, 0.2) is 5.79 Å². The minimum Gasteiger partial charge on any atom is -0.508 e. The Morgan fingerprint density at radius 1 is 1.19 bits per heavy atom. The zero-order valence-electron chi connectivity index (χ0n) is 11.9. The molecule has 1 N–H and O–H groups in total. The molecule has 0 amide bonds. The van der Waals surface area contributed by atoms with Crippen molar-refractivity contribution in [3.8, 4) is 5.75 Å². The van der Waals surface area contributed by atoms with Gasteiger partial charge in [0.05, 0.1) is 12.7 Å². The fourth-order valence-electron chi connectivity index (χ4n) is 2.37. The van der Waals surface area contributed by atoms with E-state index in [0.717, 1.165) is 16.2 Å². The lowest BCUT2D eigenvalue weighted by atomic mass is 10.1. The third-order valence-corrected chi connectivity index (χ3v) is 4.61. The second-order valence-corrected chi connectivity index (χ2v) is 6.26. The first-order valence-corrected chi connectivity index (χ1v) is 7.93. The van der Waals surface area contributed by atoms with Crippen LogP contribution in [0.4, 0.5) is 0 Å². The van der Waals surface area contributed by atoms with Crippen LogP contribution in [-0.2, 0) is 15.3 Å². The number of hydrogen-bond acceptors (Lipinski definition) is 4. The van der Waals surface area contributed by atoms with Crippen LogP contribution in [0.1, 0.15) is 12.5 Å². The predicted molar refractivity (Wildman–Crippen MR) is 83.4 cm³/mol. The van der Waals surface area contributed by atoms with Gasteiger partial charge in [-0.15, -0.1) is 11.8 Å². The number of hydrogen-bond donors (Lipinski definition) is 1. The van der Waals surface area contributed by atoms with Gasteiger partial charge in [-0.1, -0.05) is 36.4 Å². The molecule has 2 unspecified atom stereocenters. The van der Waals surface area contributed by atoms with Crippen molar-refractivity contribution in [3.63, 3.8) is 0 Å². The van der Waals surface area contributed by atoms with E-state index in [1.165, 1.54) is 0 Å². The molecule has 0 saturated carbocycles. The largest absolute Gasteiger partial charge is 0.508 e. The Kier molecular flexibility index (Phi) is 4.19. The number of benzene rings is 2. The van der Waals surface area contributed by atoms with Gasteiger partial charge >= 0.3 is 0 Å². The number of ether oxygens (including phenoxy) is 2. The molecule has 2 aromatic rings. The van der Waals surface area contributed by atoms with E-state index in [1.807, 2.05) is 49.4 Å². The summed E-state index contributed by atoms with van der Waals surface area (Å²) in [5.41, 5.74) is 1.04. The van der Waals surface area contributed by atoms with Crippen molar-refractivity contribution in [2.45, 2.75) is 23.7 Å². The molecule has 0 spiro atoms. The average molecular weight is 302 g/mol. The lowest BCUT2D eigenvalue weighted by Crippen LogP contribution is -2.24. The minimum absolute atomic E-state index is 0.0440. The Morgan fingerprint density at radius 2 is 2.00 bits per heavy atom. The van der Waals surface area contributed by atoms with Gasteiger partial charge in [0.2, 0.25) is 0 Å². The topological polar surface area (TPSA) is 38.7 Å². The number of phenolic OH excluding ortho intramolecular Hbond substituents is 1. The summed E-state index contributed by atoms with van der Waals surface area (Å²) in [5.74, 6) is 0.426. The molecule has 1 fully saturated rings. The van der Waals surface area contributed by atoms with Gasteiger partial charge in [-0.25, -0.2) is 0 Å². The molecular weight excluding hydrogens is 284 g/mol. The number of rotatable bonds is 4. The maximum Gasteiger partial charge on any atom is 0.192 e. The summed E-state index contributed by atoms with van der Waals surface area (Å²) in [5, 5.41) is 9.47. The highest BCUT2D eigenvalue weighted by Crippen LogP contribution is 2.35. The van der Waals surface area contributed by atoms with Crippen LogP contribution in [0.5, 0.6) is 5.75 Å². The van der Waals surface area contributed by atoms with Crippen molar-refractivity contribution < 1.29 is 14.6 Å². The molecule has 0 bridgehead atoms. The standard InChI is InChI=1S/C17H18O3S/c1-17(13-6-3-2-4-7-13)19-11-15(20-17)12-21-16-9-5-8-14(18)10-16/h2-10,15,18H,11-12H2,1H3. The Labute approximate surface area is 128 Å². The van der Waals surface area contributed by atoms with Crippen LogP contribution in [0, 0.1) is 0 Å². The lowest BCUT2D eigenvalue weighted by Gasteiger charge is -2.23. The lowest BCUT2D eigenvalue weighted by molar-refractivity contribution is -0.159. The molecular formula is C17H18O3S. The molecule has 21 heavy (non-hydrogen) atoms. The Bertz CT molecular complexity index is 602. The highest BCUT2D eigenvalue weighted by Gasteiger charge is 2.38. The highest BCUT2D eigenvalue weighted by atomic mass is 32.2. The van der Waals surface area contributed by atoms with E-state index in [9.17, 15) is 5.11 Å². The average Bonchev–Trinajstić information content (AvgIpc) is 2.89. The summed E-state index contributed by atoms with van der Waals surface area (Å²) in [4.78, 5) is 1.03. The molecule has 0 aromatic heterocycles. The first-order valence-electron chi connectivity index (χ1n) is 6.95. The summed E-state index contributed by atoms with van der Waals surface area (Å²) < 4.78 is 11.9. The van der Waals surface area contributed by atoms with Gasteiger partial charge in [0, 0.05) is 16.2 Å². The van der Waals surface area contributed by atoms with E-state index in [-0.39, 0.29) is 11.9 Å². The molecule has 2 aromatic carbocycles. The molecule has 1 aliphatic heterocycles. The van der Waals surface area contributed by atoms with Crippen LogP contribution in [-0.4, -0.2) is 23.6 Å². The zero-order chi connectivity index (χ0) is 14.7. The summed E-state index contributed by atoms with van der Waals surface area (Å²) in [6, 6.07) is 17.3. The third-order valence-electron chi connectivity index (χ3n) is 3.49. The number of aromatic hydroxyl groups is 1. The molecule has 1 heterocycles. The van der Waals surface area contributed by atoms with E-state index in [1.54, 1.807) is 23.9 Å². The quantitative estimate of drug-likeness (QED) is 0.873. The van der Waals surface area contributed by atoms with Crippen LogP contribution in [0.15, 0.2) is 59.5 Å². The van der Waals surface area contributed by atoms with E-state index in [4.69, 9.17) is 9.47 Å². The maximum absolute atomic E-state index is 9.47. The molecule has 3 rings (SSSR count). The van der Waals surface area contributed by atoms with Crippen molar-refractivity contribution in [1.82, 2.24) is 0 Å². The minimum atomic E-state index is -0.661. The van der Waals surface area contributed by atoms with Crippen LogP contribution in [0.3, 0.4) is 0 Å². The van der Waals surface area contributed by atoms with Crippen molar-refractivity contribution in [1.29, 1.82) is 0 Å². The smallest absolute Gasteiger partial charge is 0.192 e. The van der Waals surface area contributed by atoms with Crippen molar-refractivity contribution in [2.24, 2.45) is 0 Å². The number of phenols is 1. The van der Waals surface area contributed by atoms with Crippen LogP contribution >= 0.6 is 11.8 Å². The van der Waals surface area contributed by atoms with E-state index < -0.39 is 5.79 Å². The van der Waals surface area contributed by atoms with Crippen LogP contribution in [0.2, 0.25) is 0 Å². The fourth-order valence-corrected chi connectivity index (χ4v) is 3.30. The normalized spacial score (nSPS) is 25.1. The molecule has 1 aliphatic rings. The van der Waals surface area contributed by atoms with Gasteiger partial charge in [0.1, 0.15) is 5.75 Å².